The largest absolute Gasteiger partial charge is 0.573 e. The van der Waals surface area contributed by atoms with Crippen LogP contribution in [0.2, 0.25) is 0 Å². The van der Waals surface area contributed by atoms with E-state index in [2.05, 4.69) is 16.1 Å². The highest BCUT2D eigenvalue weighted by Crippen LogP contribution is 2.23. The average Bonchev–Trinajstić information content (AvgIpc) is 2.52. The summed E-state index contributed by atoms with van der Waals surface area (Å²) in [6.07, 6.45) is -5.06. The van der Waals surface area contributed by atoms with Crippen LogP contribution in [0, 0.1) is 0 Å². The monoisotopic (exact) mass is 344 g/mol. The minimum Gasteiger partial charge on any atom is -0.406 e. The van der Waals surface area contributed by atoms with E-state index in [9.17, 15) is 22.0 Å². The summed E-state index contributed by atoms with van der Waals surface area (Å²) in [5, 5.41) is 3.47. The van der Waals surface area contributed by atoms with Gasteiger partial charge in [0.15, 0.2) is 0 Å². The van der Waals surface area contributed by atoms with E-state index in [1.165, 1.54) is 30.3 Å². The van der Waals surface area contributed by atoms with Crippen LogP contribution >= 0.6 is 0 Å². The highest BCUT2D eigenvalue weighted by molar-refractivity contribution is 5.81. The van der Waals surface area contributed by atoms with Crippen LogP contribution in [0.1, 0.15) is 23.1 Å². The van der Waals surface area contributed by atoms with Gasteiger partial charge in [-0.2, -0.15) is 0 Å². The van der Waals surface area contributed by atoms with Gasteiger partial charge in [-0.3, -0.25) is 0 Å². The second kappa shape index (κ2) is 7.76. The fraction of sp³-hybridized carbons (Fsp3) is 0.188. The van der Waals surface area contributed by atoms with Crippen molar-refractivity contribution in [1.29, 1.82) is 0 Å². The first kappa shape index (κ1) is 17.7. The van der Waals surface area contributed by atoms with Gasteiger partial charge in [0.2, 0.25) is 0 Å². The molecule has 2 rings (SSSR count). The van der Waals surface area contributed by atoms with Gasteiger partial charge in [-0.05, 0) is 17.7 Å². The number of alkyl halides is 5. The van der Waals surface area contributed by atoms with Crippen molar-refractivity contribution in [1.82, 2.24) is 0 Å². The first-order valence-corrected chi connectivity index (χ1v) is 6.65. The summed E-state index contributed by atoms with van der Waals surface area (Å²) >= 11 is 0. The van der Waals surface area contributed by atoms with E-state index in [1.807, 2.05) is 0 Å². The van der Waals surface area contributed by atoms with Crippen LogP contribution in [0.25, 0.3) is 0 Å². The molecule has 8 heteroatoms. The standard InChI is InChI=1S/C16H11F5NO2/c17-15(18)14-4-2-1-3-12(14)9-22-23-10-11-5-7-13(8-6-11)24-16(19,20)21/h1-8,15H,10H2. The average molecular weight is 344 g/mol. The van der Waals surface area contributed by atoms with Crippen molar-refractivity contribution in [3.8, 4) is 5.75 Å². The fourth-order valence-electron chi connectivity index (χ4n) is 1.76. The van der Waals surface area contributed by atoms with E-state index in [1.54, 1.807) is 6.07 Å². The molecule has 0 saturated carbocycles. The molecular formula is C16H11F5NO2. The van der Waals surface area contributed by atoms with Crippen molar-refractivity contribution in [2.24, 2.45) is 5.16 Å². The minimum absolute atomic E-state index is 0.0594. The molecule has 0 atom stereocenters. The van der Waals surface area contributed by atoms with Crippen molar-refractivity contribution in [2.45, 2.75) is 19.4 Å². The van der Waals surface area contributed by atoms with Crippen LogP contribution in [-0.4, -0.2) is 12.6 Å². The summed E-state index contributed by atoms with van der Waals surface area (Å²) in [6.45, 7) is -0.0594. The molecular weight excluding hydrogens is 333 g/mol. The number of halogens is 5. The van der Waals surface area contributed by atoms with Gasteiger partial charge in [-0.15, -0.1) is 13.2 Å². The van der Waals surface area contributed by atoms with Crippen LogP contribution in [0.3, 0.4) is 0 Å². The molecule has 0 unspecified atom stereocenters. The number of ether oxygens (including phenoxy) is 1. The number of nitrogens with zero attached hydrogens (tertiary/aromatic N) is 1. The smallest absolute Gasteiger partial charge is 0.406 e. The van der Waals surface area contributed by atoms with Gasteiger partial charge in [0.1, 0.15) is 18.6 Å². The summed E-state index contributed by atoms with van der Waals surface area (Å²) < 4.78 is 65.3. The van der Waals surface area contributed by atoms with Crippen molar-refractivity contribution in [3.05, 3.63) is 65.2 Å². The Morgan fingerprint density at radius 1 is 1.00 bits per heavy atom. The van der Waals surface area contributed by atoms with E-state index in [0.29, 0.717) is 5.56 Å². The Bertz CT molecular complexity index is 684. The molecule has 24 heavy (non-hydrogen) atoms. The molecule has 1 radical (unpaired) electrons. The zero-order valence-corrected chi connectivity index (χ0v) is 12.1. The Balaban J connectivity index is 1.90. The maximum atomic E-state index is 12.7. The van der Waals surface area contributed by atoms with Crippen molar-refractivity contribution >= 4 is 6.21 Å². The number of hydrogen-bond donors (Lipinski definition) is 0. The van der Waals surface area contributed by atoms with Crippen LogP contribution in [0.4, 0.5) is 22.0 Å². The van der Waals surface area contributed by atoms with Gasteiger partial charge in [-0.25, -0.2) is 8.78 Å². The van der Waals surface area contributed by atoms with Gasteiger partial charge in [0.25, 0.3) is 6.43 Å². The van der Waals surface area contributed by atoms with Crippen molar-refractivity contribution in [2.75, 3.05) is 0 Å². The molecule has 127 valence electrons. The molecule has 3 nitrogen and oxygen atoms in total. The normalized spacial score (nSPS) is 11.9. The van der Waals surface area contributed by atoms with Crippen molar-refractivity contribution in [3.63, 3.8) is 0 Å². The summed E-state index contributed by atoms with van der Waals surface area (Å²) in [5.74, 6) is -0.354. The Kier molecular flexibility index (Phi) is 5.73. The lowest BCUT2D eigenvalue weighted by Gasteiger charge is -2.08. The highest BCUT2D eigenvalue weighted by Gasteiger charge is 2.30. The summed E-state index contributed by atoms with van der Waals surface area (Å²) in [5.41, 5.74) is 0.400. The molecule has 2 aromatic carbocycles. The number of benzene rings is 2. The summed E-state index contributed by atoms with van der Waals surface area (Å²) in [4.78, 5) is 4.91. The second-order valence-corrected chi connectivity index (χ2v) is 4.56. The number of rotatable bonds is 6. The van der Waals surface area contributed by atoms with E-state index < -0.39 is 12.8 Å². The van der Waals surface area contributed by atoms with Gasteiger partial charge >= 0.3 is 6.36 Å². The summed E-state index contributed by atoms with van der Waals surface area (Å²) in [7, 11) is 0. The molecule has 0 aliphatic rings. The van der Waals surface area contributed by atoms with E-state index >= 15 is 0 Å². The molecule has 0 fully saturated rings. The van der Waals surface area contributed by atoms with E-state index in [0.717, 1.165) is 12.1 Å². The quantitative estimate of drug-likeness (QED) is 0.422. The van der Waals surface area contributed by atoms with E-state index in [-0.39, 0.29) is 23.5 Å². The molecule has 0 heterocycles. The predicted molar refractivity (Wildman–Crippen MR) is 75.9 cm³/mol. The Labute approximate surface area is 134 Å². The zero-order chi connectivity index (χ0) is 17.6. The molecule has 0 N–H and O–H groups in total. The first-order valence-electron chi connectivity index (χ1n) is 6.65. The van der Waals surface area contributed by atoms with Gasteiger partial charge < -0.3 is 9.57 Å². The van der Waals surface area contributed by atoms with Gasteiger partial charge in [-0.1, -0.05) is 41.6 Å². The maximum Gasteiger partial charge on any atom is 0.573 e. The molecule has 0 amide bonds. The zero-order valence-electron chi connectivity index (χ0n) is 12.1. The first-order chi connectivity index (χ1) is 11.3. The molecule has 0 saturated heterocycles. The lowest BCUT2D eigenvalue weighted by Crippen LogP contribution is -2.17. The summed E-state index contributed by atoms with van der Waals surface area (Å²) in [6, 6.07) is 10.7. The highest BCUT2D eigenvalue weighted by atomic mass is 19.4. The van der Waals surface area contributed by atoms with Crippen LogP contribution in [0.15, 0.2) is 53.7 Å². The van der Waals surface area contributed by atoms with Crippen LogP contribution in [-0.2, 0) is 11.4 Å². The minimum atomic E-state index is -4.75. The van der Waals surface area contributed by atoms with Gasteiger partial charge in [0.05, 0.1) is 0 Å². The Morgan fingerprint density at radius 3 is 2.29 bits per heavy atom. The Hall–Kier alpha value is -2.64. The fourth-order valence-corrected chi connectivity index (χ4v) is 1.76. The third-order valence-corrected chi connectivity index (χ3v) is 2.81. The molecule has 0 bridgehead atoms. The predicted octanol–water partition coefficient (Wildman–Crippen LogP) is 4.95. The lowest BCUT2D eigenvalue weighted by molar-refractivity contribution is -0.274. The number of hydrogen-bond acceptors (Lipinski definition) is 3. The Morgan fingerprint density at radius 2 is 1.67 bits per heavy atom. The van der Waals surface area contributed by atoms with Gasteiger partial charge in [0, 0.05) is 11.1 Å². The van der Waals surface area contributed by atoms with Crippen LogP contribution in [0.5, 0.6) is 5.75 Å². The molecule has 0 aliphatic heterocycles. The topological polar surface area (TPSA) is 30.8 Å². The molecule has 0 aromatic heterocycles. The van der Waals surface area contributed by atoms with Crippen molar-refractivity contribution < 1.29 is 31.5 Å². The molecule has 0 aliphatic carbocycles. The van der Waals surface area contributed by atoms with Crippen LogP contribution < -0.4 is 4.74 Å². The third-order valence-electron chi connectivity index (χ3n) is 2.81. The molecule has 0 spiro atoms. The van der Waals surface area contributed by atoms with E-state index in [4.69, 9.17) is 4.84 Å². The lowest BCUT2D eigenvalue weighted by atomic mass is 10.1. The SMILES string of the molecule is FC(F)c1ccccc1/[C]=N\OCc1ccc(OC(F)(F)F)cc1. The molecule has 2 aromatic rings. The maximum absolute atomic E-state index is 12.7. The third kappa shape index (κ3) is 5.53. The second-order valence-electron chi connectivity index (χ2n) is 4.56.